The number of morpholine rings is 1. The van der Waals surface area contributed by atoms with Gasteiger partial charge in [0.2, 0.25) is 0 Å². The smallest absolute Gasteiger partial charge is 0.275 e. The number of benzene rings is 2. The summed E-state index contributed by atoms with van der Waals surface area (Å²) < 4.78 is 16.2. The van der Waals surface area contributed by atoms with Crippen LogP contribution >= 0.6 is 15.9 Å². The molecule has 10 nitrogen and oxygen atoms in total. The minimum Gasteiger partial charge on any atom is -0.493 e. The summed E-state index contributed by atoms with van der Waals surface area (Å²) in [7, 11) is 0. The molecule has 0 aromatic heterocycles. The van der Waals surface area contributed by atoms with E-state index in [2.05, 4.69) is 20.8 Å². The highest BCUT2D eigenvalue weighted by molar-refractivity contribution is 9.09. The zero-order chi connectivity index (χ0) is 25.6. The Bertz CT molecular complexity index is 968. The van der Waals surface area contributed by atoms with Crippen LogP contribution in [0.4, 0.5) is 11.4 Å². The maximum atomic E-state index is 10.8. The quantitative estimate of drug-likeness (QED) is 0.164. The SMILES string of the molecule is Cc1ccc(OCCCBr)cc1[N+](=O)[O-].Cc1ccc(OCCCN2CCOCC2)cc1[N+](=O)[O-]. The molecule has 0 unspecified atom stereocenters. The van der Waals surface area contributed by atoms with Crippen molar-refractivity contribution in [2.45, 2.75) is 26.7 Å². The number of nitrogens with zero attached hydrogens (tertiary/aromatic N) is 3. The number of nitro groups is 2. The molecule has 1 aliphatic rings. The van der Waals surface area contributed by atoms with E-state index in [1.807, 2.05) is 0 Å². The van der Waals surface area contributed by atoms with E-state index in [4.69, 9.17) is 14.2 Å². The molecule has 0 spiro atoms. The average molecular weight is 554 g/mol. The lowest BCUT2D eigenvalue weighted by Crippen LogP contribution is -2.37. The predicted molar refractivity (Wildman–Crippen MR) is 137 cm³/mol. The molecular formula is C24H32BrN3O7. The Hall–Kier alpha value is -2.76. The monoisotopic (exact) mass is 553 g/mol. The third kappa shape index (κ3) is 10.2. The summed E-state index contributed by atoms with van der Waals surface area (Å²) in [6, 6.07) is 9.89. The molecule has 1 aliphatic heterocycles. The van der Waals surface area contributed by atoms with Crippen molar-refractivity contribution in [3.8, 4) is 11.5 Å². The van der Waals surface area contributed by atoms with Gasteiger partial charge in [0.1, 0.15) is 11.5 Å². The summed E-state index contributed by atoms with van der Waals surface area (Å²) in [6.07, 6.45) is 1.78. The van der Waals surface area contributed by atoms with Crippen molar-refractivity contribution in [2.24, 2.45) is 0 Å². The zero-order valence-corrected chi connectivity index (χ0v) is 21.7. The molecule has 0 N–H and O–H groups in total. The number of aryl methyl sites for hydroxylation is 2. The van der Waals surface area contributed by atoms with Gasteiger partial charge in [0.05, 0.1) is 48.4 Å². The average Bonchev–Trinajstić information content (AvgIpc) is 2.84. The zero-order valence-electron chi connectivity index (χ0n) is 20.1. The van der Waals surface area contributed by atoms with Crippen LogP contribution in [0.25, 0.3) is 0 Å². The van der Waals surface area contributed by atoms with Crippen LogP contribution in [0.1, 0.15) is 24.0 Å². The summed E-state index contributed by atoms with van der Waals surface area (Å²) in [6.45, 7) is 9.06. The molecule has 0 atom stereocenters. The van der Waals surface area contributed by atoms with E-state index >= 15 is 0 Å². The van der Waals surface area contributed by atoms with Gasteiger partial charge in [0.15, 0.2) is 0 Å². The van der Waals surface area contributed by atoms with E-state index in [1.165, 1.54) is 12.1 Å². The molecule has 1 heterocycles. The topological polar surface area (TPSA) is 117 Å². The van der Waals surface area contributed by atoms with Crippen LogP contribution in [0.15, 0.2) is 36.4 Å². The van der Waals surface area contributed by atoms with E-state index in [0.717, 1.165) is 51.0 Å². The molecule has 192 valence electrons. The van der Waals surface area contributed by atoms with Gasteiger partial charge in [0, 0.05) is 36.1 Å². The maximum Gasteiger partial charge on any atom is 0.275 e. The number of alkyl halides is 1. The number of rotatable bonds is 11. The summed E-state index contributed by atoms with van der Waals surface area (Å²) in [4.78, 5) is 23.1. The van der Waals surface area contributed by atoms with Gasteiger partial charge >= 0.3 is 0 Å². The van der Waals surface area contributed by atoms with E-state index < -0.39 is 4.92 Å². The number of halogens is 1. The van der Waals surface area contributed by atoms with Crippen molar-refractivity contribution in [1.29, 1.82) is 0 Å². The van der Waals surface area contributed by atoms with E-state index in [0.29, 0.717) is 35.8 Å². The van der Waals surface area contributed by atoms with Crippen molar-refractivity contribution >= 4 is 27.3 Å². The van der Waals surface area contributed by atoms with Crippen LogP contribution in [-0.4, -0.2) is 66.1 Å². The molecular weight excluding hydrogens is 522 g/mol. The van der Waals surface area contributed by atoms with Gasteiger partial charge in [-0.15, -0.1) is 0 Å². The van der Waals surface area contributed by atoms with Gasteiger partial charge in [-0.2, -0.15) is 0 Å². The van der Waals surface area contributed by atoms with Gasteiger partial charge in [-0.1, -0.05) is 15.9 Å². The Morgan fingerprint density at radius 3 is 1.83 bits per heavy atom. The van der Waals surface area contributed by atoms with Crippen LogP contribution in [0.3, 0.4) is 0 Å². The van der Waals surface area contributed by atoms with E-state index in [1.54, 1.807) is 38.1 Å². The molecule has 11 heteroatoms. The molecule has 0 bridgehead atoms. The molecule has 35 heavy (non-hydrogen) atoms. The number of ether oxygens (including phenoxy) is 3. The highest BCUT2D eigenvalue weighted by Crippen LogP contribution is 2.24. The van der Waals surface area contributed by atoms with Crippen LogP contribution < -0.4 is 9.47 Å². The second kappa shape index (κ2) is 15.3. The lowest BCUT2D eigenvalue weighted by Gasteiger charge is -2.26. The lowest BCUT2D eigenvalue weighted by atomic mass is 10.2. The molecule has 1 saturated heterocycles. The lowest BCUT2D eigenvalue weighted by molar-refractivity contribution is -0.385. The van der Waals surface area contributed by atoms with Gasteiger partial charge < -0.3 is 14.2 Å². The Morgan fingerprint density at radius 1 is 0.886 bits per heavy atom. The first-order chi connectivity index (χ1) is 16.8. The fourth-order valence-corrected chi connectivity index (χ4v) is 3.53. The van der Waals surface area contributed by atoms with Gasteiger partial charge in [-0.25, -0.2) is 0 Å². The summed E-state index contributed by atoms with van der Waals surface area (Å²) in [5, 5.41) is 22.4. The van der Waals surface area contributed by atoms with Gasteiger partial charge in [-0.3, -0.25) is 25.1 Å². The first-order valence-corrected chi connectivity index (χ1v) is 12.6. The number of hydrogen-bond donors (Lipinski definition) is 0. The minimum atomic E-state index is -0.396. The fraction of sp³-hybridized carbons (Fsp3) is 0.500. The van der Waals surface area contributed by atoms with Crippen LogP contribution in [0, 0.1) is 34.1 Å². The Labute approximate surface area is 213 Å². The molecule has 1 fully saturated rings. The molecule has 3 rings (SSSR count). The van der Waals surface area contributed by atoms with Gasteiger partial charge in [0.25, 0.3) is 11.4 Å². The molecule has 2 aromatic rings. The Kier molecular flexibility index (Phi) is 12.4. The summed E-state index contributed by atoms with van der Waals surface area (Å²) in [5.74, 6) is 1.11. The second-order valence-electron chi connectivity index (χ2n) is 7.96. The molecule has 2 aromatic carbocycles. The Morgan fingerprint density at radius 2 is 1.37 bits per heavy atom. The largest absolute Gasteiger partial charge is 0.493 e. The van der Waals surface area contributed by atoms with Crippen molar-refractivity contribution in [1.82, 2.24) is 4.90 Å². The van der Waals surface area contributed by atoms with Gasteiger partial charge in [-0.05, 0) is 51.0 Å². The van der Waals surface area contributed by atoms with Crippen molar-refractivity contribution < 1.29 is 24.1 Å². The van der Waals surface area contributed by atoms with E-state index in [-0.39, 0.29) is 16.3 Å². The van der Waals surface area contributed by atoms with Crippen LogP contribution in [0.2, 0.25) is 0 Å². The fourth-order valence-electron chi connectivity index (χ4n) is 3.30. The third-order valence-electron chi connectivity index (χ3n) is 5.29. The standard InChI is InChI=1S/C14H20N2O4.C10H12BrNO3/c1-12-3-4-13(11-14(12)16(17)18)20-8-2-5-15-6-9-19-10-7-15;1-8-3-4-9(15-6-2-5-11)7-10(8)12(13)14/h3-4,11H,2,5-10H2,1H3;3-4,7H,2,5-6H2,1H3. The summed E-state index contributed by atoms with van der Waals surface area (Å²) >= 11 is 3.28. The summed E-state index contributed by atoms with van der Waals surface area (Å²) in [5.41, 5.74) is 1.51. The first-order valence-electron chi connectivity index (χ1n) is 11.4. The minimum absolute atomic E-state index is 0.103. The second-order valence-corrected chi connectivity index (χ2v) is 8.75. The van der Waals surface area contributed by atoms with Crippen molar-refractivity contribution in [3.63, 3.8) is 0 Å². The third-order valence-corrected chi connectivity index (χ3v) is 5.85. The maximum absolute atomic E-state index is 10.8. The normalized spacial score (nSPS) is 13.5. The molecule has 0 saturated carbocycles. The predicted octanol–water partition coefficient (Wildman–Crippen LogP) is 5.07. The van der Waals surface area contributed by atoms with Crippen molar-refractivity contribution in [3.05, 3.63) is 67.8 Å². The molecule has 0 amide bonds. The Balaban J connectivity index is 0.000000258. The van der Waals surface area contributed by atoms with Crippen molar-refractivity contribution in [2.75, 3.05) is 51.4 Å². The van der Waals surface area contributed by atoms with Crippen LogP contribution in [0.5, 0.6) is 11.5 Å². The molecule has 0 aliphatic carbocycles. The number of hydrogen-bond acceptors (Lipinski definition) is 8. The highest BCUT2D eigenvalue weighted by Gasteiger charge is 2.13. The van der Waals surface area contributed by atoms with Crippen LogP contribution in [-0.2, 0) is 4.74 Å². The first kappa shape index (κ1) is 28.5. The molecule has 0 radical (unpaired) electrons. The van der Waals surface area contributed by atoms with E-state index in [9.17, 15) is 20.2 Å². The number of nitro benzene ring substituents is 2. The highest BCUT2D eigenvalue weighted by atomic mass is 79.9.